The number of halogens is 1. The fourth-order valence-corrected chi connectivity index (χ4v) is 1.08. The zero-order chi connectivity index (χ0) is 8.55. The second kappa shape index (κ2) is 3.59. The second-order valence-corrected chi connectivity index (χ2v) is 2.45. The van der Waals surface area contributed by atoms with Crippen LogP contribution >= 0.6 is 12.4 Å². The van der Waals surface area contributed by atoms with Gasteiger partial charge in [0.15, 0.2) is 5.65 Å². The summed E-state index contributed by atoms with van der Waals surface area (Å²) in [6.07, 6.45) is 1.66. The molecule has 0 unspecified atom stereocenters. The fraction of sp³-hybridized carbons (Fsp3) is 0.143. The van der Waals surface area contributed by atoms with E-state index in [1.54, 1.807) is 12.3 Å². The van der Waals surface area contributed by atoms with Crippen LogP contribution in [0.2, 0.25) is 0 Å². The average Bonchev–Trinajstić information content (AvgIpc) is 2.52. The molecule has 5 nitrogen and oxygen atoms in total. The maximum Gasteiger partial charge on any atom is 0.272 e. The van der Waals surface area contributed by atoms with Crippen LogP contribution in [0.4, 0.5) is 0 Å². The quantitative estimate of drug-likeness (QED) is 0.675. The molecule has 3 N–H and O–H groups in total. The first-order valence-corrected chi connectivity index (χ1v) is 3.57. The van der Waals surface area contributed by atoms with Crippen LogP contribution in [0.15, 0.2) is 23.1 Å². The van der Waals surface area contributed by atoms with E-state index in [0.29, 0.717) is 11.3 Å². The number of aromatic nitrogens is 3. The molecular formula is C7H9ClN4O. The number of hydrogen-bond donors (Lipinski definition) is 2. The molecule has 0 fully saturated rings. The van der Waals surface area contributed by atoms with E-state index in [1.807, 2.05) is 0 Å². The zero-order valence-corrected chi connectivity index (χ0v) is 7.54. The van der Waals surface area contributed by atoms with Gasteiger partial charge < -0.3 is 5.73 Å². The van der Waals surface area contributed by atoms with Crippen molar-refractivity contribution in [1.29, 1.82) is 0 Å². The minimum absolute atomic E-state index is 0. The first-order chi connectivity index (χ1) is 5.81. The van der Waals surface area contributed by atoms with Gasteiger partial charge in [-0.05, 0) is 0 Å². The maximum absolute atomic E-state index is 11.3. The lowest BCUT2D eigenvalue weighted by atomic mass is 10.4. The summed E-state index contributed by atoms with van der Waals surface area (Å²) >= 11 is 0. The molecule has 2 aromatic heterocycles. The molecule has 0 aliphatic rings. The third-order valence-corrected chi connectivity index (χ3v) is 1.64. The fourth-order valence-electron chi connectivity index (χ4n) is 1.08. The molecule has 13 heavy (non-hydrogen) atoms. The van der Waals surface area contributed by atoms with Crippen molar-refractivity contribution in [3.63, 3.8) is 0 Å². The Morgan fingerprint density at radius 1 is 1.62 bits per heavy atom. The van der Waals surface area contributed by atoms with E-state index in [0.717, 1.165) is 0 Å². The first kappa shape index (κ1) is 9.76. The number of hydrogen-bond acceptors (Lipinski definition) is 3. The minimum Gasteiger partial charge on any atom is -0.325 e. The number of aromatic amines is 1. The third kappa shape index (κ3) is 1.56. The number of fused-ring (bicyclic) bond motifs is 1. The third-order valence-electron chi connectivity index (χ3n) is 1.64. The molecule has 0 spiro atoms. The standard InChI is InChI=1S/C7H8N4O.ClH/c8-4-5-3-7(12)11-6(10-5)1-2-9-11;/h1-3,9H,4,8H2;1H. The van der Waals surface area contributed by atoms with E-state index < -0.39 is 0 Å². The SMILES string of the molecule is Cl.NCc1cc(=O)n2[nH]ccc2n1. The Kier molecular flexibility index (Phi) is 2.69. The van der Waals surface area contributed by atoms with E-state index in [-0.39, 0.29) is 24.5 Å². The van der Waals surface area contributed by atoms with Gasteiger partial charge in [0, 0.05) is 24.9 Å². The summed E-state index contributed by atoms with van der Waals surface area (Å²) in [5, 5.41) is 2.74. The molecule has 0 aliphatic heterocycles. The van der Waals surface area contributed by atoms with Gasteiger partial charge in [0.05, 0.1) is 5.69 Å². The predicted molar refractivity (Wildman–Crippen MR) is 51.0 cm³/mol. The highest BCUT2D eigenvalue weighted by Crippen LogP contribution is 1.95. The lowest BCUT2D eigenvalue weighted by molar-refractivity contribution is 0.869. The summed E-state index contributed by atoms with van der Waals surface area (Å²) in [4.78, 5) is 15.4. The highest BCUT2D eigenvalue weighted by Gasteiger charge is 1.99. The van der Waals surface area contributed by atoms with Gasteiger partial charge in [-0.15, -0.1) is 12.4 Å². The molecule has 2 rings (SSSR count). The van der Waals surface area contributed by atoms with Crippen molar-refractivity contribution in [3.05, 3.63) is 34.4 Å². The first-order valence-electron chi connectivity index (χ1n) is 3.57. The van der Waals surface area contributed by atoms with Gasteiger partial charge in [0.2, 0.25) is 0 Å². The minimum atomic E-state index is -0.134. The summed E-state index contributed by atoms with van der Waals surface area (Å²) < 4.78 is 1.36. The number of rotatable bonds is 1. The van der Waals surface area contributed by atoms with Crippen LogP contribution < -0.4 is 11.3 Å². The van der Waals surface area contributed by atoms with Crippen molar-refractivity contribution in [1.82, 2.24) is 14.6 Å². The molecule has 2 aromatic rings. The van der Waals surface area contributed by atoms with Gasteiger partial charge in [-0.3, -0.25) is 9.89 Å². The van der Waals surface area contributed by atoms with E-state index >= 15 is 0 Å². The Balaban J connectivity index is 0.000000845. The molecule has 6 heteroatoms. The van der Waals surface area contributed by atoms with Crippen LogP contribution in [0.25, 0.3) is 5.65 Å². The summed E-state index contributed by atoms with van der Waals surface area (Å²) in [5.41, 5.74) is 6.43. The molecule has 0 radical (unpaired) electrons. The Labute approximate surface area is 80.0 Å². The van der Waals surface area contributed by atoms with Gasteiger partial charge in [-0.2, -0.15) is 0 Å². The largest absolute Gasteiger partial charge is 0.325 e. The summed E-state index contributed by atoms with van der Waals surface area (Å²) in [5.74, 6) is 0. The van der Waals surface area contributed by atoms with Crippen LogP contribution in [0.1, 0.15) is 5.69 Å². The maximum atomic E-state index is 11.3. The second-order valence-electron chi connectivity index (χ2n) is 2.45. The number of nitrogens with two attached hydrogens (primary N) is 1. The van der Waals surface area contributed by atoms with Crippen molar-refractivity contribution >= 4 is 18.1 Å². The predicted octanol–water partition coefficient (Wildman–Crippen LogP) is -0.0969. The van der Waals surface area contributed by atoms with E-state index in [9.17, 15) is 4.79 Å². The Morgan fingerprint density at radius 3 is 3.08 bits per heavy atom. The van der Waals surface area contributed by atoms with Crippen molar-refractivity contribution in [2.24, 2.45) is 5.73 Å². The van der Waals surface area contributed by atoms with Crippen LogP contribution in [-0.2, 0) is 6.54 Å². The highest BCUT2D eigenvalue weighted by molar-refractivity contribution is 5.85. The van der Waals surface area contributed by atoms with E-state index in [4.69, 9.17) is 5.73 Å². The summed E-state index contributed by atoms with van der Waals surface area (Å²) in [7, 11) is 0. The molecule has 0 bridgehead atoms. The van der Waals surface area contributed by atoms with Crippen LogP contribution in [0, 0.1) is 0 Å². The lowest BCUT2D eigenvalue weighted by Crippen LogP contribution is -2.16. The number of nitrogens with one attached hydrogen (secondary N) is 1. The summed E-state index contributed by atoms with van der Waals surface area (Å²) in [6, 6.07) is 3.14. The molecule has 0 saturated heterocycles. The van der Waals surface area contributed by atoms with Gasteiger partial charge >= 0.3 is 0 Å². The molecule has 2 heterocycles. The highest BCUT2D eigenvalue weighted by atomic mass is 35.5. The van der Waals surface area contributed by atoms with E-state index in [1.165, 1.54) is 10.6 Å². The van der Waals surface area contributed by atoms with Gasteiger partial charge in [0.1, 0.15) is 0 Å². The van der Waals surface area contributed by atoms with Gasteiger partial charge in [0.25, 0.3) is 5.56 Å². The smallest absolute Gasteiger partial charge is 0.272 e. The zero-order valence-electron chi connectivity index (χ0n) is 6.73. The van der Waals surface area contributed by atoms with Crippen molar-refractivity contribution in [2.75, 3.05) is 0 Å². The van der Waals surface area contributed by atoms with Crippen LogP contribution in [0.3, 0.4) is 0 Å². The molecule has 70 valence electrons. The van der Waals surface area contributed by atoms with Crippen molar-refractivity contribution in [2.45, 2.75) is 6.54 Å². The Morgan fingerprint density at radius 2 is 2.38 bits per heavy atom. The number of nitrogens with zero attached hydrogens (tertiary/aromatic N) is 2. The van der Waals surface area contributed by atoms with Crippen LogP contribution in [-0.4, -0.2) is 14.6 Å². The molecule has 0 amide bonds. The molecular weight excluding hydrogens is 192 g/mol. The molecule has 0 saturated carbocycles. The lowest BCUT2D eigenvalue weighted by Gasteiger charge is -1.95. The van der Waals surface area contributed by atoms with Gasteiger partial charge in [-0.25, -0.2) is 9.50 Å². The van der Waals surface area contributed by atoms with Crippen LogP contribution in [0.5, 0.6) is 0 Å². The average molecular weight is 201 g/mol. The normalized spacial score (nSPS) is 9.92. The van der Waals surface area contributed by atoms with E-state index in [2.05, 4.69) is 10.1 Å². The Hall–Kier alpha value is -1.33. The monoisotopic (exact) mass is 200 g/mol. The molecule has 0 aliphatic carbocycles. The van der Waals surface area contributed by atoms with Crippen molar-refractivity contribution in [3.8, 4) is 0 Å². The number of H-pyrrole nitrogens is 1. The molecule has 0 aromatic carbocycles. The van der Waals surface area contributed by atoms with Crippen molar-refractivity contribution < 1.29 is 0 Å². The van der Waals surface area contributed by atoms with Gasteiger partial charge in [-0.1, -0.05) is 0 Å². The summed E-state index contributed by atoms with van der Waals surface area (Å²) in [6.45, 7) is 0.289. The molecule has 0 atom stereocenters. The Bertz CT molecular complexity index is 461. The topological polar surface area (TPSA) is 76.2 Å².